The Morgan fingerprint density at radius 3 is 2.94 bits per heavy atom. The molecule has 92 valence electrons. The summed E-state index contributed by atoms with van der Waals surface area (Å²) in [6.07, 6.45) is 8.02. The number of aryl methyl sites for hydroxylation is 1. The molecule has 4 heteroatoms. The molecule has 0 radical (unpaired) electrons. The van der Waals surface area contributed by atoms with Crippen LogP contribution in [0.2, 0.25) is 0 Å². The molecule has 1 aliphatic carbocycles. The summed E-state index contributed by atoms with van der Waals surface area (Å²) < 4.78 is 2.07. The van der Waals surface area contributed by atoms with Crippen LogP contribution in [0.15, 0.2) is 18.5 Å². The summed E-state index contributed by atoms with van der Waals surface area (Å²) in [6.45, 7) is 0.456. The van der Waals surface area contributed by atoms with Crippen LogP contribution >= 0.6 is 0 Å². The quantitative estimate of drug-likeness (QED) is 0.890. The van der Waals surface area contributed by atoms with Gasteiger partial charge in [-0.3, -0.25) is 0 Å². The van der Waals surface area contributed by atoms with Crippen LogP contribution in [0.4, 0.5) is 0 Å². The first kappa shape index (κ1) is 11.2. The van der Waals surface area contributed by atoms with Gasteiger partial charge in [0.1, 0.15) is 5.65 Å². The molecule has 0 spiro atoms. The van der Waals surface area contributed by atoms with Crippen LogP contribution in [0.5, 0.6) is 0 Å². The minimum Gasteiger partial charge on any atom is -0.325 e. The lowest BCUT2D eigenvalue weighted by Gasteiger charge is -2.06. The molecule has 1 saturated carbocycles. The summed E-state index contributed by atoms with van der Waals surface area (Å²) in [5, 5.41) is 8.74. The lowest BCUT2D eigenvalue weighted by molar-refractivity contribution is 0.970. The second-order valence-electron chi connectivity index (χ2n) is 4.90. The van der Waals surface area contributed by atoms with Gasteiger partial charge < -0.3 is 10.1 Å². The molecule has 0 saturated heterocycles. The molecule has 2 aromatic rings. The summed E-state index contributed by atoms with van der Waals surface area (Å²) in [5.41, 5.74) is 10.0. The second-order valence-corrected chi connectivity index (χ2v) is 4.90. The molecule has 2 heterocycles. The lowest BCUT2D eigenvalue weighted by atomic mass is 10.1. The molecule has 0 amide bonds. The monoisotopic (exact) mass is 240 g/mol. The second kappa shape index (κ2) is 4.43. The highest BCUT2D eigenvalue weighted by atomic mass is 15.0. The van der Waals surface area contributed by atoms with Crippen LogP contribution in [-0.2, 0) is 13.0 Å². The maximum Gasteiger partial charge on any atom is 0.140 e. The first-order chi connectivity index (χ1) is 8.81. The van der Waals surface area contributed by atoms with Crippen molar-refractivity contribution in [2.24, 2.45) is 5.73 Å². The molecule has 2 N–H and O–H groups in total. The molecule has 1 aliphatic rings. The van der Waals surface area contributed by atoms with Gasteiger partial charge in [-0.2, -0.15) is 5.26 Å². The van der Waals surface area contributed by atoms with Crippen LogP contribution in [0, 0.1) is 11.3 Å². The number of nitrogens with zero attached hydrogens (tertiary/aromatic N) is 3. The minimum absolute atomic E-state index is 0.456. The van der Waals surface area contributed by atoms with E-state index >= 15 is 0 Å². The first-order valence-electron chi connectivity index (χ1n) is 6.39. The first-order valence-corrected chi connectivity index (χ1v) is 6.39. The summed E-state index contributed by atoms with van der Waals surface area (Å²) in [4.78, 5) is 4.53. The Balaban J connectivity index is 2.09. The van der Waals surface area contributed by atoms with Crippen molar-refractivity contribution in [3.05, 3.63) is 35.3 Å². The molecule has 0 aliphatic heterocycles. The fourth-order valence-corrected chi connectivity index (χ4v) is 2.36. The number of hydrogen-bond donors (Lipinski definition) is 1. The van der Waals surface area contributed by atoms with Gasteiger partial charge in [-0.25, -0.2) is 4.98 Å². The Morgan fingerprint density at radius 2 is 2.28 bits per heavy atom. The van der Waals surface area contributed by atoms with E-state index in [4.69, 9.17) is 11.0 Å². The highest BCUT2D eigenvalue weighted by Gasteiger charge is 2.24. The molecule has 1 fully saturated rings. The van der Waals surface area contributed by atoms with Gasteiger partial charge in [-0.15, -0.1) is 0 Å². The molecule has 18 heavy (non-hydrogen) atoms. The fraction of sp³-hybridized carbons (Fsp3) is 0.429. The smallest absolute Gasteiger partial charge is 0.140 e. The number of aromatic nitrogens is 2. The van der Waals surface area contributed by atoms with Crippen molar-refractivity contribution in [1.82, 2.24) is 9.38 Å². The summed E-state index contributed by atoms with van der Waals surface area (Å²) in [7, 11) is 0. The predicted octanol–water partition coefficient (Wildman–Crippen LogP) is 2.13. The van der Waals surface area contributed by atoms with Gasteiger partial charge in [0.2, 0.25) is 0 Å². The van der Waals surface area contributed by atoms with E-state index in [1.807, 2.05) is 6.20 Å². The molecule has 2 aromatic heterocycles. The van der Waals surface area contributed by atoms with Gasteiger partial charge >= 0.3 is 0 Å². The fourth-order valence-electron chi connectivity index (χ4n) is 2.36. The number of pyridine rings is 1. The van der Waals surface area contributed by atoms with Crippen LogP contribution in [-0.4, -0.2) is 9.38 Å². The van der Waals surface area contributed by atoms with E-state index in [1.54, 1.807) is 0 Å². The normalized spacial score (nSPS) is 14.9. The Kier molecular flexibility index (Phi) is 2.77. The van der Waals surface area contributed by atoms with Crippen molar-refractivity contribution in [2.45, 2.75) is 38.1 Å². The standard InChI is InChI=1S/C14H16N4/c15-5-1-2-11-6-12(10-3-4-10)8-18-9-13(7-16)17-14(11)18/h6,8-10H,1-4,7,16H2. The zero-order valence-corrected chi connectivity index (χ0v) is 10.3. The van der Waals surface area contributed by atoms with Gasteiger partial charge in [-0.05, 0) is 36.3 Å². The molecule has 0 unspecified atom stereocenters. The lowest BCUT2D eigenvalue weighted by Crippen LogP contribution is -1.96. The number of fused-ring (bicyclic) bond motifs is 1. The molecule has 4 nitrogen and oxygen atoms in total. The maximum atomic E-state index is 8.74. The zero-order chi connectivity index (χ0) is 12.5. The average Bonchev–Trinajstić information content (AvgIpc) is 3.15. The van der Waals surface area contributed by atoms with E-state index < -0.39 is 0 Å². The predicted molar refractivity (Wildman–Crippen MR) is 69.0 cm³/mol. The molecular weight excluding hydrogens is 224 g/mol. The Morgan fingerprint density at radius 1 is 1.44 bits per heavy atom. The van der Waals surface area contributed by atoms with Crippen LogP contribution < -0.4 is 5.73 Å². The third-order valence-electron chi connectivity index (χ3n) is 3.46. The van der Waals surface area contributed by atoms with Gasteiger partial charge in [0, 0.05) is 25.4 Å². The maximum absolute atomic E-state index is 8.74. The van der Waals surface area contributed by atoms with E-state index in [9.17, 15) is 0 Å². The molecule has 0 atom stereocenters. The summed E-state index contributed by atoms with van der Waals surface area (Å²) in [6, 6.07) is 4.42. The average molecular weight is 240 g/mol. The molecule has 0 aromatic carbocycles. The largest absolute Gasteiger partial charge is 0.325 e. The van der Waals surface area contributed by atoms with Crippen LogP contribution in [0.3, 0.4) is 0 Å². The van der Waals surface area contributed by atoms with E-state index in [-0.39, 0.29) is 0 Å². The summed E-state index contributed by atoms with van der Waals surface area (Å²) >= 11 is 0. The summed E-state index contributed by atoms with van der Waals surface area (Å²) in [5.74, 6) is 0.707. The van der Waals surface area contributed by atoms with Crippen molar-refractivity contribution in [3.8, 4) is 6.07 Å². The third-order valence-corrected chi connectivity index (χ3v) is 3.46. The highest BCUT2D eigenvalue weighted by Crippen LogP contribution is 2.40. The molecule has 3 rings (SSSR count). The van der Waals surface area contributed by atoms with Crippen molar-refractivity contribution < 1.29 is 0 Å². The molecular formula is C14H16N4. The van der Waals surface area contributed by atoms with E-state index in [1.165, 1.54) is 24.0 Å². The number of rotatable bonds is 4. The number of hydrogen-bond acceptors (Lipinski definition) is 3. The van der Waals surface area contributed by atoms with Crippen molar-refractivity contribution in [1.29, 1.82) is 5.26 Å². The van der Waals surface area contributed by atoms with Gasteiger partial charge in [0.05, 0.1) is 11.8 Å². The van der Waals surface area contributed by atoms with E-state index in [0.29, 0.717) is 18.9 Å². The van der Waals surface area contributed by atoms with Gasteiger partial charge in [0.15, 0.2) is 0 Å². The Bertz CT molecular complexity index is 616. The number of nitriles is 1. The highest BCUT2D eigenvalue weighted by molar-refractivity contribution is 5.51. The van der Waals surface area contributed by atoms with Gasteiger partial charge in [0.25, 0.3) is 0 Å². The number of nitrogens with two attached hydrogens (primary N) is 1. The van der Waals surface area contributed by atoms with Crippen molar-refractivity contribution in [2.75, 3.05) is 0 Å². The molecule has 0 bridgehead atoms. The van der Waals surface area contributed by atoms with Crippen molar-refractivity contribution in [3.63, 3.8) is 0 Å². The number of imidazole rings is 1. The Labute approximate surface area is 106 Å². The zero-order valence-electron chi connectivity index (χ0n) is 10.3. The van der Waals surface area contributed by atoms with E-state index in [2.05, 4.69) is 27.7 Å². The van der Waals surface area contributed by atoms with E-state index in [0.717, 1.165) is 17.8 Å². The topological polar surface area (TPSA) is 67.1 Å². The van der Waals surface area contributed by atoms with Crippen LogP contribution in [0.1, 0.15) is 42.0 Å². The van der Waals surface area contributed by atoms with Crippen molar-refractivity contribution >= 4 is 5.65 Å². The minimum atomic E-state index is 0.456. The van der Waals surface area contributed by atoms with Crippen LogP contribution in [0.25, 0.3) is 5.65 Å². The van der Waals surface area contributed by atoms with Gasteiger partial charge in [-0.1, -0.05) is 6.07 Å². The third kappa shape index (κ3) is 1.98. The SMILES string of the molecule is N#CCCc1cc(C2CC2)cn2cc(CN)nc12. The Hall–Kier alpha value is -1.86.